The molecule has 0 N–H and O–H groups in total. The van der Waals surface area contributed by atoms with Crippen molar-refractivity contribution in [2.45, 2.75) is 19.3 Å². The predicted molar refractivity (Wildman–Crippen MR) is 50.4 cm³/mol. The molecule has 1 aliphatic rings. The number of allylic oxidation sites excluding steroid dienone is 4. The fourth-order valence-corrected chi connectivity index (χ4v) is 1.53. The van der Waals surface area contributed by atoms with Crippen molar-refractivity contribution < 1.29 is 0 Å². The molecule has 4 heteroatoms. The van der Waals surface area contributed by atoms with Gasteiger partial charge in [0.05, 0.1) is 0 Å². The standard InChI is InChI=1S/C11H6N4/c12-4-10(5-13)8-1-2-9(3-8)11(6-14)7-15/h1-3H2. The monoisotopic (exact) mass is 194 g/mol. The van der Waals surface area contributed by atoms with Gasteiger partial charge in [0.25, 0.3) is 0 Å². The Morgan fingerprint density at radius 3 is 1.33 bits per heavy atom. The molecule has 0 radical (unpaired) electrons. The van der Waals surface area contributed by atoms with E-state index in [4.69, 9.17) is 21.0 Å². The van der Waals surface area contributed by atoms with Gasteiger partial charge in [0.15, 0.2) is 0 Å². The van der Waals surface area contributed by atoms with E-state index in [-0.39, 0.29) is 11.1 Å². The average molecular weight is 194 g/mol. The summed E-state index contributed by atoms with van der Waals surface area (Å²) in [4.78, 5) is 0. The number of hydrogen-bond donors (Lipinski definition) is 0. The van der Waals surface area contributed by atoms with Gasteiger partial charge in [0, 0.05) is 0 Å². The fourth-order valence-electron chi connectivity index (χ4n) is 1.53. The largest absolute Gasteiger partial charge is 0.192 e. The summed E-state index contributed by atoms with van der Waals surface area (Å²) >= 11 is 0. The van der Waals surface area contributed by atoms with Crippen LogP contribution in [0.5, 0.6) is 0 Å². The molecule has 4 nitrogen and oxygen atoms in total. The Balaban J connectivity index is 3.08. The lowest BCUT2D eigenvalue weighted by Crippen LogP contribution is -1.83. The smallest absolute Gasteiger partial charge is 0.129 e. The molecule has 1 fully saturated rings. The van der Waals surface area contributed by atoms with Crippen molar-refractivity contribution in [2.75, 3.05) is 0 Å². The Kier molecular flexibility index (Phi) is 3.24. The van der Waals surface area contributed by atoms with E-state index < -0.39 is 0 Å². The maximum absolute atomic E-state index is 8.65. The quantitative estimate of drug-likeness (QED) is 0.550. The third-order valence-electron chi connectivity index (χ3n) is 2.31. The molecule has 1 aliphatic carbocycles. The van der Waals surface area contributed by atoms with Crippen LogP contribution in [0.4, 0.5) is 0 Å². The molecule has 0 aromatic carbocycles. The van der Waals surface area contributed by atoms with Crippen LogP contribution in [0.1, 0.15) is 19.3 Å². The minimum absolute atomic E-state index is 0.111. The first-order valence-electron chi connectivity index (χ1n) is 4.31. The van der Waals surface area contributed by atoms with Crippen LogP contribution in [-0.2, 0) is 0 Å². The van der Waals surface area contributed by atoms with Crippen LogP contribution in [-0.4, -0.2) is 0 Å². The normalized spacial score (nSPS) is 13.3. The first kappa shape index (κ1) is 10.5. The lowest BCUT2D eigenvalue weighted by atomic mass is 10.1. The third-order valence-corrected chi connectivity index (χ3v) is 2.31. The SMILES string of the molecule is N#CC(C#N)=C1CCC(=C(C#N)C#N)C1. The summed E-state index contributed by atoms with van der Waals surface area (Å²) in [5.74, 6) is 0. The summed E-state index contributed by atoms with van der Waals surface area (Å²) in [7, 11) is 0. The van der Waals surface area contributed by atoms with Gasteiger partial charge in [-0.3, -0.25) is 0 Å². The zero-order valence-electron chi connectivity index (χ0n) is 7.91. The Hall–Kier alpha value is -2.56. The van der Waals surface area contributed by atoms with Gasteiger partial charge in [0.2, 0.25) is 0 Å². The van der Waals surface area contributed by atoms with E-state index in [1.54, 1.807) is 0 Å². The zero-order valence-corrected chi connectivity index (χ0v) is 7.91. The van der Waals surface area contributed by atoms with Crippen LogP contribution < -0.4 is 0 Å². The van der Waals surface area contributed by atoms with Crippen molar-refractivity contribution in [3.63, 3.8) is 0 Å². The van der Waals surface area contributed by atoms with E-state index in [9.17, 15) is 0 Å². The topological polar surface area (TPSA) is 95.2 Å². The molecule has 15 heavy (non-hydrogen) atoms. The minimum atomic E-state index is 0.111. The number of nitriles is 4. The van der Waals surface area contributed by atoms with Gasteiger partial charge in [-0.15, -0.1) is 0 Å². The van der Waals surface area contributed by atoms with Gasteiger partial charge in [0.1, 0.15) is 35.4 Å². The van der Waals surface area contributed by atoms with Crippen molar-refractivity contribution in [1.82, 2.24) is 0 Å². The molecule has 70 valence electrons. The van der Waals surface area contributed by atoms with E-state index in [0.29, 0.717) is 19.3 Å². The third kappa shape index (κ3) is 2.02. The molecule has 0 saturated heterocycles. The molecule has 0 aromatic heterocycles. The van der Waals surface area contributed by atoms with E-state index in [2.05, 4.69) is 0 Å². The van der Waals surface area contributed by atoms with Crippen LogP contribution in [0.2, 0.25) is 0 Å². The molecule has 0 aromatic rings. The molecule has 1 rings (SSSR count). The Morgan fingerprint density at radius 2 is 1.07 bits per heavy atom. The second-order valence-electron chi connectivity index (χ2n) is 3.08. The van der Waals surface area contributed by atoms with Gasteiger partial charge < -0.3 is 0 Å². The summed E-state index contributed by atoms with van der Waals surface area (Å²) < 4.78 is 0. The highest BCUT2D eigenvalue weighted by Gasteiger charge is 2.19. The fraction of sp³-hybridized carbons (Fsp3) is 0.273. The molecule has 1 saturated carbocycles. The minimum Gasteiger partial charge on any atom is -0.192 e. The molecule has 0 spiro atoms. The molecule has 0 unspecified atom stereocenters. The first-order valence-corrected chi connectivity index (χ1v) is 4.31. The predicted octanol–water partition coefficient (Wildman–Crippen LogP) is 1.86. The van der Waals surface area contributed by atoms with E-state index in [1.807, 2.05) is 24.3 Å². The van der Waals surface area contributed by atoms with Crippen LogP contribution in [0, 0.1) is 45.3 Å². The molecular formula is C11H6N4. The molecule has 0 aliphatic heterocycles. The van der Waals surface area contributed by atoms with E-state index in [0.717, 1.165) is 11.1 Å². The van der Waals surface area contributed by atoms with Crippen LogP contribution >= 0.6 is 0 Å². The van der Waals surface area contributed by atoms with Gasteiger partial charge in [-0.1, -0.05) is 0 Å². The van der Waals surface area contributed by atoms with E-state index >= 15 is 0 Å². The number of hydrogen-bond acceptors (Lipinski definition) is 4. The van der Waals surface area contributed by atoms with Crippen molar-refractivity contribution in [3.8, 4) is 24.3 Å². The van der Waals surface area contributed by atoms with Crippen molar-refractivity contribution in [1.29, 1.82) is 21.0 Å². The van der Waals surface area contributed by atoms with Gasteiger partial charge in [-0.2, -0.15) is 21.0 Å². The highest BCUT2D eigenvalue weighted by molar-refractivity contribution is 5.49. The highest BCUT2D eigenvalue weighted by atomic mass is 14.3. The van der Waals surface area contributed by atoms with Crippen molar-refractivity contribution in [3.05, 3.63) is 22.3 Å². The summed E-state index contributed by atoms with van der Waals surface area (Å²) in [6, 6.07) is 7.28. The van der Waals surface area contributed by atoms with Crippen LogP contribution in [0.25, 0.3) is 0 Å². The second kappa shape index (κ2) is 4.61. The highest BCUT2D eigenvalue weighted by Crippen LogP contribution is 2.33. The Labute approximate surface area is 87.6 Å². The lowest BCUT2D eigenvalue weighted by molar-refractivity contribution is 1.04. The van der Waals surface area contributed by atoms with Crippen molar-refractivity contribution >= 4 is 0 Å². The number of rotatable bonds is 0. The summed E-state index contributed by atoms with van der Waals surface area (Å²) in [5.41, 5.74) is 1.69. The maximum atomic E-state index is 8.65. The van der Waals surface area contributed by atoms with E-state index in [1.165, 1.54) is 0 Å². The second-order valence-corrected chi connectivity index (χ2v) is 3.08. The lowest BCUT2D eigenvalue weighted by Gasteiger charge is -1.93. The summed E-state index contributed by atoms with van der Waals surface area (Å²) in [5, 5.41) is 34.6. The Morgan fingerprint density at radius 1 is 0.733 bits per heavy atom. The van der Waals surface area contributed by atoms with Crippen molar-refractivity contribution in [2.24, 2.45) is 0 Å². The van der Waals surface area contributed by atoms with Gasteiger partial charge in [-0.05, 0) is 30.4 Å². The Bertz CT molecular complexity index is 429. The first-order chi connectivity index (χ1) is 7.26. The molecule has 0 atom stereocenters. The van der Waals surface area contributed by atoms with Crippen LogP contribution in [0.15, 0.2) is 22.3 Å². The van der Waals surface area contributed by atoms with Crippen LogP contribution in [0.3, 0.4) is 0 Å². The summed E-state index contributed by atoms with van der Waals surface area (Å²) in [6.45, 7) is 0. The maximum Gasteiger partial charge on any atom is 0.129 e. The molecule has 0 heterocycles. The molecule has 0 amide bonds. The molecular weight excluding hydrogens is 188 g/mol. The summed E-state index contributed by atoms with van der Waals surface area (Å²) in [6.07, 6.45) is 1.60. The zero-order chi connectivity index (χ0) is 11.3. The number of nitrogens with zero attached hydrogens (tertiary/aromatic N) is 4. The average Bonchev–Trinajstić information content (AvgIpc) is 2.71. The van der Waals surface area contributed by atoms with Gasteiger partial charge >= 0.3 is 0 Å². The van der Waals surface area contributed by atoms with Gasteiger partial charge in [-0.25, -0.2) is 0 Å². The molecule has 0 bridgehead atoms.